The predicted molar refractivity (Wildman–Crippen MR) is 77.8 cm³/mol. The van der Waals surface area contributed by atoms with Gasteiger partial charge in [0.15, 0.2) is 0 Å². The first-order valence-electron chi connectivity index (χ1n) is 6.99. The molecule has 1 fully saturated rings. The number of benzene rings is 1. The molecule has 0 aromatic heterocycles. The standard InChI is InChI=1S/C15H23N3O/c1-3-18(4-2)11-12-6-5-7-13(10-12)17-14(19)15(16)8-9-15/h5-7,10H,3-4,8-9,11,16H2,1-2H3,(H,17,19). The molecule has 4 heteroatoms. The van der Waals surface area contributed by atoms with Gasteiger partial charge in [-0.25, -0.2) is 0 Å². The molecule has 3 N–H and O–H groups in total. The van der Waals surface area contributed by atoms with Crippen LogP contribution in [0.2, 0.25) is 0 Å². The number of carbonyl (C=O) groups is 1. The second-order valence-electron chi connectivity index (χ2n) is 5.27. The van der Waals surface area contributed by atoms with E-state index in [-0.39, 0.29) is 5.91 Å². The molecule has 1 aliphatic carbocycles. The molecule has 1 aliphatic rings. The predicted octanol–water partition coefficient (Wildman–Crippen LogP) is 1.96. The lowest BCUT2D eigenvalue weighted by molar-refractivity contribution is -0.118. The molecule has 4 nitrogen and oxygen atoms in total. The summed E-state index contributed by atoms with van der Waals surface area (Å²) in [4.78, 5) is 14.2. The molecule has 0 heterocycles. The molecule has 0 bridgehead atoms. The summed E-state index contributed by atoms with van der Waals surface area (Å²) in [5, 5.41) is 2.91. The van der Waals surface area contributed by atoms with Crippen molar-refractivity contribution in [1.29, 1.82) is 0 Å². The zero-order valence-electron chi connectivity index (χ0n) is 11.8. The third-order valence-corrected chi connectivity index (χ3v) is 3.73. The van der Waals surface area contributed by atoms with Crippen molar-refractivity contribution >= 4 is 11.6 Å². The highest BCUT2D eigenvalue weighted by molar-refractivity contribution is 6.00. The van der Waals surface area contributed by atoms with Crippen molar-refractivity contribution in [2.75, 3.05) is 18.4 Å². The van der Waals surface area contributed by atoms with Crippen molar-refractivity contribution in [1.82, 2.24) is 4.90 Å². The molecule has 0 saturated heterocycles. The van der Waals surface area contributed by atoms with Crippen LogP contribution in [0, 0.1) is 0 Å². The number of nitrogens with one attached hydrogen (secondary N) is 1. The van der Waals surface area contributed by atoms with Gasteiger partial charge >= 0.3 is 0 Å². The van der Waals surface area contributed by atoms with Crippen LogP contribution in [-0.2, 0) is 11.3 Å². The van der Waals surface area contributed by atoms with Crippen LogP contribution in [0.3, 0.4) is 0 Å². The highest BCUT2D eigenvalue weighted by Gasteiger charge is 2.45. The molecule has 2 rings (SSSR count). The zero-order chi connectivity index (χ0) is 13.9. The molecular formula is C15H23N3O. The fourth-order valence-electron chi connectivity index (χ4n) is 2.07. The number of anilines is 1. The van der Waals surface area contributed by atoms with E-state index in [0.717, 1.165) is 38.2 Å². The third kappa shape index (κ3) is 3.55. The Morgan fingerprint density at radius 2 is 2.05 bits per heavy atom. The van der Waals surface area contributed by atoms with E-state index in [1.54, 1.807) is 0 Å². The molecule has 104 valence electrons. The maximum atomic E-state index is 11.9. The van der Waals surface area contributed by atoms with E-state index >= 15 is 0 Å². The summed E-state index contributed by atoms with van der Waals surface area (Å²) in [5.41, 5.74) is 7.31. The Hall–Kier alpha value is -1.39. The highest BCUT2D eigenvalue weighted by atomic mass is 16.2. The molecule has 19 heavy (non-hydrogen) atoms. The van der Waals surface area contributed by atoms with Gasteiger partial charge in [-0.1, -0.05) is 26.0 Å². The minimum atomic E-state index is -0.616. The van der Waals surface area contributed by atoms with Gasteiger partial charge in [0.2, 0.25) is 5.91 Å². The Balaban J connectivity index is 2.00. The van der Waals surface area contributed by atoms with Crippen LogP contribution in [0.15, 0.2) is 24.3 Å². The summed E-state index contributed by atoms with van der Waals surface area (Å²) in [5.74, 6) is -0.0625. The van der Waals surface area contributed by atoms with Crippen LogP contribution < -0.4 is 11.1 Å². The molecular weight excluding hydrogens is 238 g/mol. The lowest BCUT2D eigenvalue weighted by Gasteiger charge is -2.18. The van der Waals surface area contributed by atoms with Crippen molar-refractivity contribution < 1.29 is 4.79 Å². The number of nitrogens with two attached hydrogens (primary N) is 1. The van der Waals surface area contributed by atoms with Gasteiger partial charge in [-0.15, -0.1) is 0 Å². The Morgan fingerprint density at radius 1 is 1.37 bits per heavy atom. The number of hydrogen-bond acceptors (Lipinski definition) is 3. The van der Waals surface area contributed by atoms with Crippen LogP contribution in [0.4, 0.5) is 5.69 Å². The maximum Gasteiger partial charge on any atom is 0.244 e. The Bertz CT molecular complexity index is 450. The molecule has 0 spiro atoms. The third-order valence-electron chi connectivity index (χ3n) is 3.73. The smallest absolute Gasteiger partial charge is 0.244 e. The summed E-state index contributed by atoms with van der Waals surface area (Å²) in [6.07, 6.45) is 1.58. The minimum absolute atomic E-state index is 0.0625. The lowest BCUT2D eigenvalue weighted by atomic mass is 10.1. The normalized spacial score (nSPS) is 16.4. The topological polar surface area (TPSA) is 58.4 Å². The Labute approximate surface area is 115 Å². The molecule has 1 aromatic carbocycles. The van der Waals surface area contributed by atoms with E-state index in [4.69, 9.17) is 5.73 Å². The number of nitrogens with zero attached hydrogens (tertiary/aromatic N) is 1. The van der Waals surface area contributed by atoms with E-state index < -0.39 is 5.54 Å². The fourth-order valence-corrected chi connectivity index (χ4v) is 2.07. The van der Waals surface area contributed by atoms with Crippen molar-refractivity contribution in [3.63, 3.8) is 0 Å². The van der Waals surface area contributed by atoms with Crippen molar-refractivity contribution in [2.24, 2.45) is 5.73 Å². The first-order valence-corrected chi connectivity index (χ1v) is 6.99. The lowest BCUT2D eigenvalue weighted by Crippen LogP contribution is -2.37. The summed E-state index contributed by atoms with van der Waals surface area (Å²) in [6.45, 7) is 7.27. The Kier molecular flexibility index (Phi) is 4.22. The quantitative estimate of drug-likeness (QED) is 0.823. The van der Waals surface area contributed by atoms with E-state index in [0.29, 0.717) is 0 Å². The van der Waals surface area contributed by atoms with Gasteiger partial charge in [0, 0.05) is 12.2 Å². The van der Waals surface area contributed by atoms with E-state index in [1.165, 1.54) is 5.56 Å². The first-order chi connectivity index (χ1) is 9.07. The number of carbonyl (C=O) groups excluding carboxylic acids is 1. The SMILES string of the molecule is CCN(CC)Cc1cccc(NC(=O)C2(N)CC2)c1. The summed E-state index contributed by atoms with van der Waals surface area (Å²) >= 11 is 0. The first kappa shape index (κ1) is 14.0. The van der Waals surface area contributed by atoms with Crippen LogP contribution in [0.25, 0.3) is 0 Å². The van der Waals surface area contributed by atoms with Crippen molar-refractivity contribution in [3.05, 3.63) is 29.8 Å². The Morgan fingerprint density at radius 3 is 2.63 bits per heavy atom. The average Bonchev–Trinajstić information content (AvgIpc) is 3.16. The van der Waals surface area contributed by atoms with Gasteiger partial charge < -0.3 is 11.1 Å². The van der Waals surface area contributed by atoms with E-state index in [9.17, 15) is 4.79 Å². The largest absolute Gasteiger partial charge is 0.324 e. The molecule has 0 atom stereocenters. The number of hydrogen-bond donors (Lipinski definition) is 2. The van der Waals surface area contributed by atoms with Crippen LogP contribution in [0.1, 0.15) is 32.3 Å². The average molecular weight is 261 g/mol. The van der Waals surface area contributed by atoms with Gasteiger partial charge in [-0.05, 0) is 43.6 Å². The van der Waals surface area contributed by atoms with Crippen LogP contribution in [-0.4, -0.2) is 29.4 Å². The molecule has 0 radical (unpaired) electrons. The summed E-state index contributed by atoms with van der Waals surface area (Å²) in [7, 11) is 0. The summed E-state index contributed by atoms with van der Waals surface area (Å²) < 4.78 is 0. The molecule has 1 aromatic rings. The van der Waals surface area contributed by atoms with Gasteiger partial charge in [-0.2, -0.15) is 0 Å². The number of rotatable bonds is 6. The van der Waals surface area contributed by atoms with Gasteiger partial charge in [0.1, 0.15) is 0 Å². The summed E-state index contributed by atoms with van der Waals surface area (Å²) in [6, 6.07) is 8.01. The van der Waals surface area contributed by atoms with Crippen LogP contribution >= 0.6 is 0 Å². The minimum Gasteiger partial charge on any atom is -0.324 e. The molecule has 0 aliphatic heterocycles. The zero-order valence-corrected chi connectivity index (χ0v) is 11.8. The number of amides is 1. The monoisotopic (exact) mass is 261 g/mol. The molecule has 1 saturated carbocycles. The second kappa shape index (κ2) is 5.72. The molecule has 0 unspecified atom stereocenters. The van der Waals surface area contributed by atoms with E-state index in [2.05, 4.69) is 30.1 Å². The van der Waals surface area contributed by atoms with Gasteiger partial charge in [-0.3, -0.25) is 9.69 Å². The fraction of sp³-hybridized carbons (Fsp3) is 0.533. The van der Waals surface area contributed by atoms with Gasteiger partial charge in [0.25, 0.3) is 0 Å². The molecule has 1 amide bonds. The van der Waals surface area contributed by atoms with Gasteiger partial charge in [0.05, 0.1) is 5.54 Å². The maximum absolute atomic E-state index is 11.9. The van der Waals surface area contributed by atoms with E-state index in [1.807, 2.05) is 18.2 Å². The second-order valence-corrected chi connectivity index (χ2v) is 5.27. The highest BCUT2D eigenvalue weighted by Crippen LogP contribution is 2.33. The van der Waals surface area contributed by atoms with Crippen molar-refractivity contribution in [2.45, 2.75) is 38.8 Å². The van der Waals surface area contributed by atoms with Crippen molar-refractivity contribution in [3.8, 4) is 0 Å². The van der Waals surface area contributed by atoms with Crippen LogP contribution in [0.5, 0.6) is 0 Å².